The molecule has 0 amide bonds. The Morgan fingerprint density at radius 1 is 0.346 bits per heavy atom. The monoisotopic (exact) mass is 666 g/mol. The van der Waals surface area contributed by atoms with Crippen LogP contribution in [0.5, 0.6) is 0 Å². The molecular weight excluding hydrogens is 633 g/mol. The molecule has 4 aromatic carbocycles. The van der Waals surface area contributed by atoms with Crippen LogP contribution >= 0.6 is 0 Å². The van der Waals surface area contributed by atoms with Gasteiger partial charge in [0, 0.05) is 45.7 Å². The molecule has 3 aromatic heterocycles. The lowest BCUT2D eigenvalue weighted by atomic mass is 9.62. The Morgan fingerprint density at radius 3 is 1.00 bits per heavy atom. The molecule has 246 valence electrons. The molecule has 4 heteroatoms. The maximum absolute atomic E-state index is 5.59. The average Bonchev–Trinajstić information content (AvgIpc) is 3.98. The summed E-state index contributed by atoms with van der Waals surface area (Å²) in [6.45, 7) is 0. The highest BCUT2D eigenvalue weighted by Gasteiger charge is 2.46. The minimum atomic E-state index is 0.326. The number of fused-ring (bicyclic) bond motifs is 12. The van der Waals surface area contributed by atoms with E-state index >= 15 is 0 Å². The van der Waals surface area contributed by atoms with Crippen molar-refractivity contribution >= 4 is 65.9 Å². The van der Waals surface area contributed by atoms with E-state index in [0.29, 0.717) is 23.7 Å². The Kier molecular flexibility index (Phi) is 5.25. The molecule has 0 saturated carbocycles. The zero-order chi connectivity index (χ0) is 33.7. The third-order valence-corrected chi connectivity index (χ3v) is 13.1. The number of aromatic nitrogens is 4. The Balaban J connectivity index is 1.10. The van der Waals surface area contributed by atoms with Crippen molar-refractivity contribution in [2.24, 2.45) is 0 Å². The van der Waals surface area contributed by atoms with Crippen LogP contribution in [0.25, 0.3) is 65.9 Å². The Hall–Kier alpha value is -6.00. The molecule has 0 radical (unpaired) electrons. The summed E-state index contributed by atoms with van der Waals surface area (Å²) in [7, 11) is 0. The van der Waals surface area contributed by atoms with Gasteiger partial charge in [0.2, 0.25) is 0 Å². The third kappa shape index (κ3) is 3.71. The molecule has 2 N–H and O–H groups in total. The van der Waals surface area contributed by atoms with E-state index in [9.17, 15) is 0 Å². The number of hydrogen-bond acceptors (Lipinski definition) is 2. The molecule has 15 rings (SSSR count). The fourth-order valence-electron chi connectivity index (χ4n) is 11.0. The first-order chi connectivity index (χ1) is 25.7. The highest BCUT2D eigenvalue weighted by molar-refractivity contribution is 6.05. The highest BCUT2D eigenvalue weighted by atomic mass is 14.8. The van der Waals surface area contributed by atoms with Gasteiger partial charge in [0.15, 0.2) is 0 Å². The minimum absolute atomic E-state index is 0.326. The van der Waals surface area contributed by atoms with Gasteiger partial charge < -0.3 is 9.97 Å². The van der Waals surface area contributed by atoms with Gasteiger partial charge in [-0.15, -0.1) is 0 Å². The van der Waals surface area contributed by atoms with Crippen LogP contribution in [0.15, 0.2) is 121 Å². The fraction of sp³-hybridized carbons (Fsp3) is 0.167. The van der Waals surface area contributed by atoms with Crippen molar-refractivity contribution in [1.29, 1.82) is 0 Å². The van der Waals surface area contributed by atoms with Gasteiger partial charge in [0.25, 0.3) is 0 Å². The zero-order valence-corrected chi connectivity index (χ0v) is 28.6. The summed E-state index contributed by atoms with van der Waals surface area (Å²) >= 11 is 0. The van der Waals surface area contributed by atoms with Crippen molar-refractivity contribution in [3.05, 3.63) is 166 Å². The Bertz CT molecular complexity index is 2810. The molecule has 5 heterocycles. The topological polar surface area (TPSA) is 57.4 Å². The van der Waals surface area contributed by atoms with Crippen LogP contribution in [0.1, 0.15) is 94.4 Å². The van der Waals surface area contributed by atoms with Gasteiger partial charge in [-0.2, -0.15) is 0 Å². The van der Waals surface area contributed by atoms with E-state index in [-0.39, 0.29) is 0 Å². The van der Waals surface area contributed by atoms with E-state index < -0.39 is 0 Å². The minimum Gasteiger partial charge on any atom is -0.355 e. The van der Waals surface area contributed by atoms with Crippen LogP contribution in [0.3, 0.4) is 0 Å². The number of rotatable bonds is 0. The molecule has 12 bridgehead atoms. The second-order valence-corrected chi connectivity index (χ2v) is 15.8. The van der Waals surface area contributed by atoms with Crippen molar-refractivity contribution in [2.75, 3.05) is 0 Å². The second-order valence-electron chi connectivity index (χ2n) is 15.8. The summed E-state index contributed by atoms with van der Waals surface area (Å²) in [6, 6.07) is 45.5. The van der Waals surface area contributed by atoms with Crippen molar-refractivity contribution in [3.63, 3.8) is 0 Å². The number of hydrogen-bond donors (Lipinski definition) is 2. The second kappa shape index (κ2) is 9.86. The predicted molar refractivity (Wildman–Crippen MR) is 212 cm³/mol. The number of nitrogens with one attached hydrogen (secondary N) is 2. The first kappa shape index (κ1) is 27.7. The van der Waals surface area contributed by atoms with Gasteiger partial charge in [-0.1, -0.05) is 72.8 Å². The summed E-state index contributed by atoms with van der Waals surface area (Å²) in [6.07, 6.45) is 4.63. The largest absolute Gasteiger partial charge is 0.355 e. The van der Waals surface area contributed by atoms with Crippen LogP contribution in [0.4, 0.5) is 0 Å². The number of H-pyrrole nitrogens is 2. The lowest BCUT2D eigenvalue weighted by Gasteiger charge is -2.40. The molecule has 52 heavy (non-hydrogen) atoms. The maximum Gasteiger partial charge on any atom is 0.0700 e. The molecule has 0 spiro atoms. The van der Waals surface area contributed by atoms with E-state index in [0.717, 1.165) is 70.5 Å². The van der Waals surface area contributed by atoms with Crippen LogP contribution in [-0.4, -0.2) is 19.9 Å². The van der Waals surface area contributed by atoms with Crippen molar-refractivity contribution in [2.45, 2.75) is 49.4 Å². The summed E-state index contributed by atoms with van der Waals surface area (Å²) in [4.78, 5) is 18.5. The van der Waals surface area contributed by atoms with Gasteiger partial charge >= 0.3 is 0 Å². The summed E-state index contributed by atoms with van der Waals surface area (Å²) in [5.41, 5.74) is 20.4. The van der Waals surface area contributed by atoms with Crippen molar-refractivity contribution in [3.8, 4) is 0 Å². The molecule has 6 aliphatic carbocycles. The van der Waals surface area contributed by atoms with Gasteiger partial charge in [-0.3, -0.25) is 0 Å². The molecule has 0 fully saturated rings. The SMILES string of the molecule is c1ccc2cc3c(cc2c1)C1CCC3C2=C1c1cc3nc(cc4ccc(cc5ccc(cc2n1)[nH]5)[nH]4)C1=C3C2CCC1c1cc3ccccc3cc12. The van der Waals surface area contributed by atoms with Gasteiger partial charge in [0.05, 0.1) is 22.8 Å². The first-order valence-electron chi connectivity index (χ1n) is 18.9. The van der Waals surface area contributed by atoms with Crippen LogP contribution in [0, 0.1) is 0 Å². The molecule has 4 nitrogen and oxygen atoms in total. The number of aromatic amines is 2. The molecule has 7 aromatic rings. The van der Waals surface area contributed by atoms with Crippen LogP contribution in [-0.2, 0) is 0 Å². The predicted octanol–water partition coefficient (Wildman–Crippen LogP) is 11.8. The van der Waals surface area contributed by atoms with E-state index in [1.165, 1.54) is 66.1 Å². The smallest absolute Gasteiger partial charge is 0.0700 e. The lowest BCUT2D eigenvalue weighted by molar-refractivity contribution is 0.580. The van der Waals surface area contributed by atoms with Crippen LogP contribution < -0.4 is 0 Å². The lowest BCUT2D eigenvalue weighted by Crippen LogP contribution is -2.23. The number of allylic oxidation sites excluding steroid dienone is 4. The Labute approximate surface area is 300 Å². The van der Waals surface area contributed by atoms with Gasteiger partial charge in [0.1, 0.15) is 0 Å². The van der Waals surface area contributed by atoms with Gasteiger partial charge in [-0.25, -0.2) is 9.97 Å². The molecule has 0 saturated heterocycles. The van der Waals surface area contributed by atoms with E-state index in [1.807, 2.05) is 0 Å². The zero-order valence-electron chi connectivity index (χ0n) is 28.6. The normalized spacial score (nSPS) is 22.2. The third-order valence-electron chi connectivity index (χ3n) is 13.1. The van der Waals surface area contributed by atoms with E-state index in [4.69, 9.17) is 9.97 Å². The number of nitrogens with zero attached hydrogens (tertiary/aromatic N) is 2. The molecule has 4 unspecified atom stereocenters. The summed E-state index contributed by atoms with van der Waals surface area (Å²) in [5, 5.41) is 5.31. The van der Waals surface area contributed by atoms with E-state index in [1.54, 1.807) is 0 Å². The van der Waals surface area contributed by atoms with Gasteiger partial charge in [-0.05, 0) is 140 Å². The Morgan fingerprint density at radius 2 is 0.654 bits per heavy atom. The molecule has 8 aliphatic rings. The first-order valence-corrected chi connectivity index (χ1v) is 18.9. The van der Waals surface area contributed by atoms with E-state index in [2.05, 4.69) is 131 Å². The summed E-state index contributed by atoms with van der Waals surface area (Å²) in [5.74, 6) is 1.32. The summed E-state index contributed by atoms with van der Waals surface area (Å²) < 4.78 is 0. The van der Waals surface area contributed by atoms with Crippen molar-refractivity contribution < 1.29 is 0 Å². The molecule has 2 aliphatic heterocycles. The molecule has 4 atom stereocenters. The standard InChI is InChI=1S/C48H34N4/c1-3-7-27-19-39-35-15-13-33(37(39)17-25(27)5-1)45-41-22-31-11-9-29(49-31)21-30-10-12-32(50-30)23-42-46-34-14-16-36(48(46)44(52-42)24-43(51-41)47(35)45)40-20-28-8-4-2-6-26(28)18-38(34)40/h1-12,17-24,33-36,49-50H,13-16H2. The number of benzene rings is 4. The highest BCUT2D eigenvalue weighted by Crippen LogP contribution is 2.63. The average molecular weight is 667 g/mol. The quantitative estimate of drug-likeness (QED) is 0.169. The van der Waals surface area contributed by atoms with Crippen molar-refractivity contribution in [1.82, 2.24) is 19.9 Å². The van der Waals surface area contributed by atoms with Crippen LogP contribution in [0.2, 0.25) is 0 Å². The molecular formula is C48H34N4. The fourth-order valence-corrected chi connectivity index (χ4v) is 11.0. The maximum atomic E-state index is 5.59.